The Bertz CT molecular complexity index is 1000. The Labute approximate surface area is 180 Å². The first-order valence-electron chi connectivity index (χ1n) is 10.1. The van der Waals surface area contributed by atoms with Crippen molar-refractivity contribution in [3.8, 4) is 16.3 Å². The van der Waals surface area contributed by atoms with Crippen LogP contribution in [0.4, 0.5) is 16.4 Å². The number of benzene rings is 1. The summed E-state index contributed by atoms with van der Waals surface area (Å²) in [7, 11) is 1.63. The molecular weight excluding hydrogens is 398 g/mol. The van der Waals surface area contributed by atoms with Crippen LogP contribution in [-0.4, -0.2) is 41.1 Å². The van der Waals surface area contributed by atoms with Crippen molar-refractivity contribution in [1.29, 1.82) is 0 Å². The fourth-order valence-electron chi connectivity index (χ4n) is 3.52. The molecule has 8 heteroatoms. The molecule has 30 heavy (non-hydrogen) atoms. The van der Waals surface area contributed by atoms with Gasteiger partial charge >= 0.3 is 6.03 Å². The van der Waals surface area contributed by atoms with Gasteiger partial charge in [0.2, 0.25) is 0 Å². The Hall–Kier alpha value is -2.97. The lowest BCUT2D eigenvalue weighted by atomic mass is 10.1. The first-order valence-corrected chi connectivity index (χ1v) is 10.9. The van der Waals surface area contributed by atoms with Gasteiger partial charge in [-0.3, -0.25) is 15.5 Å². The van der Waals surface area contributed by atoms with E-state index in [1.54, 1.807) is 13.2 Å². The molecule has 0 bridgehead atoms. The average Bonchev–Trinajstić information content (AvgIpc) is 3.22. The normalized spacial score (nSPS) is 14.3. The number of methoxy groups -OCH3 is 1. The van der Waals surface area contributed by atoms with E-state index in [0.29, 0.717) is 11.6 Å². The molecule has 0 radical (unpaired) electrons. The predicted molar refractivity (Wildman–Crippen MR) is 120 cm³/mol. The van der Waals surface area contributed by atoms with Gasteiger partial charge in [0.05, 0.1) is 18.4 Å². The van der Waals surface area contributed by atoms with Crippen LogP contribution in [0.2, 0.25) is 0 Å². The minimum atomic E-state index is -0.366. The van der Waals surface area contributed by atoms with E-state index in [4.69, 9.17) is 4.74 Å². The van der Waals surface area contributed by atoms with Crippen LogP contribution in [-0.2, 0) is 6.54 Å². The number of hydrogen-bond acceptors (Lipinski definition) is 6. The monoisotopic (exact) mass is 423 g/mol. The molecule has 0 aliphatic carbocycles. The minimum absolute atomic E-state index is 0.366. The summed E-state index contributed by atoms with van der Waals surface area (Å²) in [5.41, 5.74) is 1.85. The van der Waals surface area contributed by atoms with Gasteiger partial charge in [-0.2, -0.15) is 0 Å². The van der Waals surface area contributed by atoms with Crippen LogP contribution in [0, 0.1) is 0 Å². The lowest BCUT2D eigenvalue weighted by Crippen LogP contribution is -2.29. The van der Waals surface area contributed by atoms with E-state index < -0.39 is 0 Å². The second kappa shape index (κ2) is 9.69. The quantitative estimate of drug-likeness (QED) is 0.593. The molecule has 1 aromatic carbocycles. The number of rotatable bonds is 6. The van der Waals surface area contributed by atoms with Crippen LogP contribution in [0.15, 0.2) is 47.8 Å². The third-order valence-electron chi connectivity index (χ3n) is 4.97. The molecule has 0 spiro atoms. The lowest BCUT2D eigenvalue weighted by molar-refractivity contribution is 0.218. The van der Waals surface area contributed by atoms with Crippen molar-refractivity contribution in [2.45, 2.75) is 25.8 Å². The number of thiazole rings is 1. The first kappa shape index (κ1) is 20.3. The molecule has 2 amide bonds. The molecule has 2 aromatic heterocycles. The van der Waals surface area contributed by atoms with Crippen molar-refractivity contribution in [3.63, 3.8) is 0 Å². The fraction of sp³-hybridized carbons (Fsp3) is 0.318. The number of anilines is 2. The molecule has 7 nitrogen and oxygen atoms in total. The molecule has 0 atom stereocenters. The van der Waals surface area contributed by atoms with E-state index in [2.05, 4.69) is 25.5 Å². The van der Waals surface area contributed by atoms with E-state index >= 15 is 0 Å². The van der Waals surface area contributed by atoms with Gasteiger partial charge in [-0.05, 0) is 50.2 Å². The minimum Gasteiger partial charge on any atom is -0.496 e. The number of urea groups is 1. The first-order chi connectivity index (χ1) is 14.7. The molecule has 0 saturated carbocycles. The Morgan fingerprint density at radius 3 is 2.67 bits per heavy atom. The highest BCUT2D eigenvalue weighted by atomic mass is 32.1. The van der Waals surface area contributed by atoms with Crippen molar-refractivity contribution >= 4 is 29.0 Å². The molecule has 1 saturated heterocycles. The van der Waals surface area contributed by atoms with Gasteiger partial charge in [-0.1, -0.05) is 24.6 Å². The number of piperidine rings is 1. The molecular formula is C22H25N5O2S. The molecule has 0 unspecified atom stereocenters. The number of hydrogen-bond donors (Lipinski definition) is 2. The number of amides is 2. The molecule has 3 heterocycles. The van der Waals surface area contributed by atoms with E-state index in [1.807, 2.05) is 41.8 Å². The number of carbonyl (C=O) groups is 1. The van der Waals surface area contributed by atoms with E-state index in [0.717, 1.165) is 41.6 Å². The number of ether oxygens (including phenoxy) is 1. The van der Waals surface area contributed by atoms with Crippen LogP contribution >= 0.6 is 11.3 Å². The zero-order valence-electron chi connectivity index (χ0n) is 16.9. The van der Waals surface area contributed by atoms with Crippen molar-refractivity contribution in [2.75, 3.05) is 30.8 Å². The number of para-hydroxylation sites is 1. The van der Waals surface area contributed by atoms with Crippen molar-refractivity contribution in [1.82, 2.24) is 14.9 Å². The Kier molecular flexibility index (Phi) is 6.56. The maximum absolute atomic E-state index is 12.4. The van der Waals surface area contributed by atoms with Crippen LogP contribution in [0.1, 0.15) is 25.0 Å². The van der Waals surface area contributed by atoms with Crippen LogP contribution in [0.3, 0.4) is 0 Å². The molecule has 156 valence electrons. The Balaban J connectivity index is 1.37. The highest BCUT2D eigenvalue weighted by Gasteiger charge is 2.13. The zero-order chi connectivity index (χ0) is 20.8. The third kappa shape index (κ3) is 5.14. The summed E-state index contributed by atoms with van der Waals surface area (Å²) in [6.07, 6.45) is 3.79. The predicted octanol–water partition coefficient (Wildman–Crippen LogP) is 4.84. The molecule has 3 aromatic rings. The van der Waals surface area contributed by atoms with Gasteiger partial charge in [0, 0.05) is 11.9 Å². The maximum Gasteiger partial charge on any atom is 0.326 e. The van der Waals surface area contributed by atoms with Gasteiger partial charge in [-0.25, -0.2) is 14.8 Å². The van der Waals surface area contributed by atoms with Crippen LogP contribution in [0.5, 0.6) is 5.75 Å². The highest BCUT2D eigenvalue weighted by Crippen LogP contribution is 2.33. The second-order valence-electron chi connectivity index (χ2n) is 7.17. The van der Waals surface area contributed by atoms with Gasteiger partial charge in [0.25, 0.3) is 0 Å². The van der Waals surface area contributed by atoms with E-state index in [-0.39, 0.29) is 6.03 Å². The van der Waals surface area contributed by atoms with Crippen molar-refractivity contribution in [2.24, 2.45) is 0 Å². The van der Waals surface area contributed by atoms with Gasteiger partial charge in [0.15, 0.2) is 0 Å². The lowest BCUT2D eigenvalue weighted by Gasteiger charge is -2.26. The van der Waals surface area contributed by atoms with Gasteiger partial charge in [0.1, 0.15) is 22.4 Å². The number of pyridine rings is 1. The maximum atomic E-state index is 12.4. The summed E-state index contributed by atoms with van der Waals surface area (Å²) in [6.45, 7) is 3.03. The highest BCUT2D eigenvalue weighted by molar-refractivity contribution is 7.13. The van der Waals surface area contributed by atoms with Gasteiger partial charge in [-0.15, -0.1) is 11.3 Å². The van der Waals surface area contributed by atoms with E-state index in [1.165, 1.54) is 30.6 Å². The summed E-state index contributed by atoms with van der Waals surface area (Å²) in [5, 5.41) is 8.17. The Morgan fingerprint density at radius 2 is 1.83 bits per heavy atom. The standard InChI is InChI=1S/C22H25N5O2S/c1-29-18-10-4-3-9-17(18)21-24-20(15-30-21)26-22(28)25-19-11-7-8-16(23-19)14-27-12-5-2-6-13-27/h3-4,7-11,15H,2,5-6,12-14H2,1H3,(H2,23,25,26,28). The largest absolute Gasteiger partial charge is 0.496 e. The summed E-state index contributed by atoms with van der Waals surface area (Å²) < 4.78 is 5.39. The number of nitrogens with zero attached hydrogens (tertiary/aromatic N) is 3. The smallest absolute Gasteiger partial charge is 0.326 e. The Morgan fingerprint density at radius 1 is 1.03 bits per heavy atom. The van der Waals surface area contributed by atoms with Crippen LogP contribution in [0.25, 0.3) is 10.6 Å². The molecule has 1 aliphatic heterocycles. The second-order valence-corrected chi connectivity index (χ2v) is 8.03. The summed E-state index contributed by atoms with van der Waals surface area (Å²) >= 11 is 1.45. The van der Waals surface area contributed by atoms with Crippen LogP contribution < -0.4 is 15.4 Å². The molecule has 1 aliphatic rings. The topological polar surface area (TPSA) is 79.4 Å². The van der Waals surface area contributed by atoms with Crippen molar-refractivity contribution in [3.05, 3.63) is 53.5 Å². The molecule has 2 N–H and O–H groups in total. The van der Waals surface area contributed by atoms with Gasteiger partial charge < -0.3 is 4.74 Å². The summed E-state index contributed by atoms with van der Waals surface area (Å²) in [4.78, 5) is 23.9. The number of likely N-dealkylation sites (tertiary alicyclic amines) is 1. The molecule has 4 rings (SSSR count). The number of carbonyl (C=O) groups excluding carboxylic acids is 1. The molecule has 1 fully saturated rings. The third-order valence-corrected chi connectivity index (χ3v) is 5.84. The summed E-state index contributed by atoms with van der Waals surface area (Å²) in [5.74, 6) is 1.77. The number of aromatic nitrogens is 2. The zero-order valence-corrected chi connectivity index (χ0v) is 17.7. The van der Waals surface area contributed by atoms with E-state index in [9.17, 15) is 4.79 Å². The SMILES string of the molecule is COc1ccccc1-c1nc(NC(=O)Nc2cccc(CN3CCCCC3)n2)cs1. The number of nitrogens with one attached hydrogen (secondary N) is 2. The van der Waals surface area contributed by atoms with Crippen molar-refractivity contribution < 1.29 is 9.53 Å². The summed E-state index contributed by atoms with van der Waals surface area (Å²) in [6, 6.07) is 13.0. The fourth-order valence-corrected chi connectivity index (χ4v) is 4.31. The average molecular weight is 424 g/mol.